The van der Waals surface area contributed by atoms with Crippen molar-refractivity contribution >= 4 is 23.3 Å². The maximum Gasteiger partial charge on any atom is 0.339 e. The molecule has 0 saturated heterocycles. The largest absolute Gasteiger partial charge is 0.465 e. The van der Waals surface area contributed by atoms with Crippen LogP contribution in [0.1, 0.15) is 46.1 Å². The molecule has 0 amide bonds. The molecule has 1 aliphatic rings. The van der Waals surface area contributed by atoms with Gasteiger partial charge in [0.2, 0.25) is 0 Å². The van der Waals surface area contributed by atoms with Gasteiger partial charge in [-0.2, -0.15) is 5.26 Å². The Morgan fingerprint density at radius 1 is 1.42 bits per heavy atom. The molecule has 0 radical (unpaired) electrons. The first-order valence-electron chi connectivity index (χ1n) is 7.64. The van der Waals surface area contributed by atoms with Crippen molar-refractivity contribution in [3.63, 3.8) is 0 Å². The lowest BCUT2D eigenvalue weighted by atomic mass is 10.1. The average molecular weight is 342 g/mol. The number of hydrogen-bond acceptors (Lipinski definition) is 5. The molecule has 1 fully saturated rings. The summed E-state index contributed by atoms with van der Waals surface area (Å²) in [5.41, 5.74) is 3.46. The van der Waals surface area contributed by atoms with Crippen molar-refractivity contribution in [3.05, 3.63) is 57.9 Å². The Balaban J connectivity index is 1.76. The summed E-state index contributed by atoms with van der Waals surface area (Å²) in [6.45, 7) is 0.503. The Labute approximate surface area is 145 Å². The number of nitrogens with one attached hydrogen (secondary N) is 1. The van der Waals surface area contributed by atoms with E-state index in [0.717, 1.165) is 29.9 Å². The second-order valence-corrected chi connectivity index (χ2v) is 6.07. The highest BCUT2D eigenvalue weighted by molar-refractivity contribution is 6.32. The lowest BCUT2D eigenvalue weighted by Crippen LogP contribution is -2.10. The van der Waals surface area contributed by atoms with Crippen LogP contribution in [-0.4, -0.2) is 18.1 Å². The molecule has 0 spiro atoms. The van der Waals surface area contributed by atoms with E-state index in [-0.39, 0.29) is 5.97 Å². The first-order valence-corrected chi connectivity index (χ1v) is 8.02. The molecule has 0 unspecified atom stereocenters. The minimum atomic E-state index is -0.345. The maximum absolute atomic E-state index is 11.8. The summed E-state index contributed by atoms with van der Waals surface area (Å²) in [6, 6.07) is 10.8. The maximum atomic E-state index is 11.8. The topological polar surface area (TPSA) is 75.0 Å². The third-order valence-corrected chi connectivity index (χ3v) is 4.23. The van der Waals surface area contributed by atoms with Crippen molar-refractivity contribution in [2.75, 3.05) is 12.4 Å². The monoisotopic (exact) mass is 341 g/mol. The number of carbonyl (C=O) groups is 1. The minimum absolute atomic E-state index is 0.345. The van der Waals surface area contributed by atoms with Gasteiger partial charge in [-0.25, -0.2) is 4.79 Å². The van der Waals surface area contributed by atoms with Gasteiger partial charge in [0.15, 0.2) is 0 Å². The van der Waals surface area contributed by atoms with E-state index < -0.39 is 0 Å². The van der Waals surface area contributed by atoms with E-state index in [1.807, 2.05) is 12.1 Å². The van der Waals surface area contributed by atoms with Gasteiger partial charge in [-0.3, -0.25) is 4.98 Å². The highest BCUT2D eigenvalue weighted by atomic mass is 35.5. The number of rotatable bonds is 5. The van der Waals surface area contributed by atoms with Gasteiger partial charge in [0.1, 0.15) is 6.07 Å². The molecule has 6 heteroatoms. The van der Waals surface area contributed by atoms with Gasteiger partial charge in [-0.05, 0) is 43.2 Å². The number of carbonyl (C=O) groups excluding carboxylic acids is 1. The second kappa shape index (κ2) is 6.90. The van der Waals surface area contributed by atoms with Crippen LogP contribution in [0.4, 0.5) is 5.69 Å². The molecule has 1 saturated carbocycles. The molecule has 2 aromatic rings. The van der Waals surface area contributed by atoms with Crippen molar-refractivity contribution in [3.8, 4) is 6.07 Å². The molecule has 24 heavy (non-hydrogen) atoms. The van der Waals surface area contributed by atoms with Gasteiger partial charge in [-0.1, -0.05) is 11.6 Å². The summed E-state index contributed by atoms with van der Waals surface area (Å²) >= 11 is 6.03. The number of nitriles is 1. The fraction of sp³-hybridized carbons (Fsp3) is 0.278. The summed E-state index contributed by atoms with van der Waals surface area (Å²) in [7, 11) is 1.38. The van der Waals surface area contributed by atoms with Crippen molar-refractivity contribution < 1.29 is 9.53 Å². The van der Waals surface area contributed by atoms with Crippen LogP contribution in [0.25, 0.3) is 0 Å². The molecule has 0 atom stereocenters. The third-order valence-electron chi connectivity index (χ3n) is 3.91. The van der Waals surface area contributed by atoms with Gasteiger partial charge in [-0.15, -0.1) is 0 Å². The van der Waals surface area contributed by atoms with Crippen LogP contribution in [0.15, 0.2) is 30.3 Å². The minimum Gasteiger partial charge on any atom is -0.465 e. The highest BCUT2D eigenvalue weighted by Gasteiger charge is 2.30. The standard InChI is InChI=1S/C18H16ClN3O2/c1-24-18(23)15-7-6-14(22-17(15)11-2-3-11)10-21-13-5-4-12(9-20)16(19)8-13/h4-8,11,21H,2-3,10H2,1H3. The lowest BCUT2D eigenvalue weighted by Gasteiger charge is -2.11. The summed E-state index contributed by atoms with van der Waals surface area (Å²) in [5, 5.41) is 12.5. The van der Waals surface area contributed by atoms with Gasteiger partial charge < -0.3 is 10.1 Å². The molecule has 1 N–H and O–H groups in total. The molecule has 0 aliphatic heterocycles. The van der Waals surface area contributed by atoms with Gasteiger partial charge in [0, 0.05) is 11.6 Å². The fourth-order valence-corrected chi connectivity index (χ4v) is 2.70. The van der Waals surface area contributed by atoms with E-state index in [2.05, 4.69) is 10.3 Å². The smallest absolute Gasteiger partial charge is 0.339 e. The normalized spacial score (nSPS) is 13.2. The molecule has 122 valence electrons. The Bertz CT molecular complexity index is 825. The number of aromatic nitrogens is 1. The molecule has 1 aromatic heterocycles. The van der Waals surface area contributed by atoms with Crippen LogP contribution in [0.2, 0.25) is 5.02 Å². The summed E-state index contributed by atoms with van der Waals surface area (Å²) in [5.74, 6) is 0.00573. The van der Waals surface area contributed by atoms with E-state index in [1.165, 1.54) is 7.11 Å². The van der Waals surface area contributed by atoms with Gasteiger partial charge in [0.25, 0.3) is 0 Å². The van der Waals surface area contributed by atoms with E-state index in [0.29, 0.717) is 28.6 Å². The Hall–Kier alpha value is -2.58. The third kappa shape index (κ3) is 3.50. The van der Waals surface area contributed by atoms with Crippen LogP contribution in [0.5, 0.6) is 0 Å². The van der Waals surface area contributed by atoms with Crippen LogP contribution in [-0.2, 0) is 11.3 Å². The molecule has 3 rings (SSSR count). The number of esters is 1. The summed E-state index contributed by atoms with van der Waals surface area (Å²) in [4.78, 5) is 16.5. The average Bonchev–Trinajstić information content (AvgIpc) is 3.44. The zero-order valence-electron chi connectivity index (χ0n) is 13.2. The predicted molar refractivity (Wildman–Crippen MR) is 91.0 cm³/mol. The number of methoxy groups -OCH3 is 1. The predicted octanol–water partition coefficient (Wildman–Crippen LogP) is 3.88. The zero-order valence-corrected chi connectivity index (χ0v) is 13.9. The molecule has 1 aromatic carbocycles. The first kappa shape index (κ1) is 16.3. The first-order chi connectivity index (χ1) is 11.6. The van der Waals surface area contributed by atoms with Crippen LogP contribution in [0, 0.1) is 11.3 Å². The lowest BCUT2D eigenvalue weighted by molar-refractivity contribution is 0.0598. The van der Waals surface area contributed by atoms with Crippen LogP contribution >= 0.6 is 11.6 Å². The van der Waals surface area contributed by atoms with E-state index >= 15 is 0 Å². The Morgan fingerprint density at radius 3 is 2.83 bits per heavy atom. The quantitative estimate of drug-likeness (QED) is 0.835. The van der Waals surface area contributed by atoms with E-state index in [1.54, 1.807) is 24.3 Å². The van der Waals surface area contributed by atoms with Crippen LogP contribution < -0.4 is 5.32 Å². The van der Waals surface area contributed by atoms with Gasteiger partial charge in [0.05, 0.1) is 41.2 Å². The zero-order chi connectivity index (χ0) is 17.1. The number of hydrogen-bond donors (Lipinski definition) is 1. The number of anilines is 1. The molecule has 1 heterocycles. The SMILES string of the molecule is COC(=O)c1ccc(CNc2ccc(C#N)c(Cl)c2)nc1C1CC1. The van der Waals surface area contributed by atoms with E-state index in [4.69, 9.17) is 21.6 Å². The van der Waals surface area contributed by atoms with Crippen molar-refractivity contribution in [2.24, 2.45) is 0 Å². The van der Waals surface area contributed by atoms with Gasteiger partial charge >= 0.3 is 5.97 Å². The van der Waals surface area contributed by atoms with Crippen molar-refractivity contribution in [1.29, 1.82) is 5.26 Å². The highest BCUT2D eigenvalue weighted by Crippen LogP contribution is 2.40. The number of halogens is 1. The number of pyridine rings is 1. The Morgan fingerprint density at radius 2 is 2.21 bits per heavy atom. The second-order valence-electron chi connectivity index (χ2n) is 5.66. The van der Waals surface area contributed by atoms with Crippen LogP contribution in [0.3, 0.4) is 0 Å². The number of ether oxygens (including phenoxy) is 1. The molecule has 0 bridgehead atoms. The molecular weight excluding hydrogens is 326 g/mol. The van der Waals surface area contributed by atoms with Crippen molar-refractivity contribution in [1.82, 2.24) is 4.98 Å². The molecule has 5 nitrogen and oxygen atoms in total. The van der Waals surface area contributed by atoms with E-state index in [9.17, 15) is 4.79 Å². The van der Waals surface area contributed by atoms with Crippen molar-refractivity contribution in [2.45, 2.75) is 25.3 Å². The summed E-state index contributed by atoms with van der Waals surface area (Å²) in [6.07, 6.45) is 2.11. The summed E-state index contributed by atoms with van der Waals surface area (Å²) < 4.78 is 4.82. The molecular formula is C18H16ClN3O2. The number of nitrogens with zero attached hydrogens (tertiary/aromatic N) is 2. The Kier molecular flexibility index (Phi) is 4.68. The fourth-order valence-electron chi connectivity index (χ4n) is 2.47. The number of benzene rings is 1. The molecule has 1 aliphatic carbocycles.